The van der Waals surface area contributed by atoms with Crippen molar-refractivity contribution in [2.75, 3.05) is 13.2 Å². The van der Waals surface area contributed by atoms with Gasteiger partial charge in [-0.25, -0.2) is 0 Å². The van der Waals surface area contributed by atoms with Gasteiger partial charge < -0.3 is 9.47 Å². The lowest BCUT2D eigenvalue weighted by molar-refractivity contribution is 0.0540. The molecular formula is C15H16O2. The summed E-state index contributed by atoms with van der Waals surface area (Å²) in [7, 11) is 0. The zero-order valence-electron chi connectivity index (χ0n) is 9.93. The largest absolute Gasteiger partial charge is 0.371 e. The van der Waals surface area contributed by atoms with Crippen LogP contribution in [0, 0.1) is 0 Å². The maximum absolute atomic E-state index is 5.78. The highest BCUT2D eigenvalue weighted by molar-refractivity contribution is 5.83. The van der Waals surface area contributed by atoms with Crippen molar-refractivity contribution in [3.05, 3.63) is 48.0 Å². The van der Waals surface area contributed by atoms with Crippen molar-refractivity contribution in [3.63, 3.8) is 0 Å². The van der Waals surface area contributed by atoms with E-state index in [0.717, 1.165) is 6.61 Å². The van der Waals surface area contributed by atoms with Crippen LogP contribution in [0.3, 0.4) is 0 Å². The average Bonchev–Trinajstić information content (AvgIpc) is 3.19. The van der Waals surface area contributed by atoms with Gasteiger partial charge in [0.25, 0.3) is 0 Å². The zero-order valence-corrected chi connectivity index (χ0v) is 9.93. The molecule has 2 unspecified atom stereocenters. The molecule has 0 N–H and O–H groups in total. The predicted octanol–water partition coefficient (Wildman–Crippen LogP) is 3.32. The minimum absolute atomic E-state index is 0.129. The molecule has 1 aliphatic rings. The second-order valence-corrected chi connectivity index (χ2v) is 4.54. The quantitative estimate of drug-likeness (QED) is 0.749. The van der Waals surface area contributed by atoms with Gasteiger partial charge in [0.1, 0.15) is 6.10 Å². The van der Waals surface area contributed by atoms with E-state index in [9.17, 15) is 0 Å². The minimum atomic E-state index is 0.129. The summed E-state index contributed by atoms with van der Waals surface area (Å²) >= 11 is 0. The smallest absolute Gasteiger partial charge is 0.104 e. The summed E-state index contributed by atoms with van der Waals surface area (Å²) < 4.78 is 10.9. The van der Waals surface area contributed by atoms with Crippen molar-refractivity contribution in [3.8, 4) is 0 Å². The molecule has 1 fully saturated rings. The van der Waals surface area contributed by atoms with Gasteiger partial charge in [0, 0.05) is 0 Å². The SMILES string of the molecule is CC(OCC1CO1)c1ccc2ccccc2c1. The van der Waals surface area contributed by atoms with Crippen molar-refractivity contribution in [1.82, 2.24) is 0 Å². The Labute approximate surface area is 101 Å². The first-order valence-corrected chi connectivity index (χ1v) is 6.05. The molecule has 0 saturated carbocycles. The Morgan fingerprint density at radius 3 is 2.76 bits per heavy atom. The highest BCUT2D eigenvalue weighted by atomic mass is 16.6. The molecule has 17 heavy (non-hydrogen) atoms. The fourth-order valence-electron chi connectivity index (χ4n) is 1.97. The van der Waals surface area contributed by atoms with E-state index in [1.165, 1.54) is 16.3 Å². The van der Waals surface area contributed by atoms with Crippen LogP contribution in [0.25, 0.3) is 10.8 Å². The Bertz CT molecular complexity index is 517. The van der Waals surface area contributed by atoms with Crippen LogP contribution in [0.4, 0.5) is 0 Å². The molecule has 0 spiro atoms. The molecular weight excluding hydrogens is 212 g/mol. The van der Waals surface area contributed by atoms with E-state index in [1.54, 1.807) is 0 Å². The third kappa shape index (κ3) is 2.48. The molecule has 2 nitrogen and oxygen atoms in total. The fraction of sp³-hybridized carbons (Fsp3) is 0.333. The summed E-state index contributed by atoms with van der Waals surface area (Å²) in [5, 5.41) is 2.54. The molecule has 1 saturated heterocycles. The minimum Gasteiger partial charge on any atom is -0.371 e. The number of benzene rings is 2. The van der Waals surface area contributed by atoms with Crippen molar-refractivity contribution in [1.29, 1.82) is 0 Å². The van der Waals surface area contributed by atoms with Crippen molar-refractivity contribution in [2.45, 2.75) is 19.1 Å². The van der Waals surface area contributed by atoms with E-state index in [1.807, 2.05) is 0 Å². The monoisotopic (exact) mass is 228 g/mol. The second kappa shape index (κ2) is 4.47. The van der Waals surface area contributed by atoms with Crippen molar-refractivity contribution in [2.24, 2.45) is 0 Å². The first-order chi connectivity index (χ1) is 8.33. The third-order valence-corrected chi connectivity index (χ3v) is 3.18. The van der Waals surface area contributed by atoms with Gasteiger partial charge in [0.2, 0.25) is 0 Å². The summed E-state index contributed by atoms with van der Waals surface area (Å²) in [5.74, 6) is 0. The van der Waals surface area contributed by atoms with Crippen LogP contribution in [0.2, 0.25) is 0 Å². The van der Waals surface area contributed by atoms with E-state index in [0.29, 0.717) is 12.7 Å². The summed E-state index contributed by atoms with van der Waals surface area (Å²) in [5.41, 5.74) is 1.23. The molecule has 2 aromatic carbocycles. The molecule has 0 amide bonds. The van der Waals surface area contributed by atoms with E-state index in [4.69, 9.17) is 9.47 Å². The van der Waals surface area contributed by atoms with E-state index in [-0.39, 0.29) is 6.10 Å². The van der Waals surface area contributed by atoms with Crippen LogP contribution in [-0.4, -0.2) is 19.3 Å². The number of hydrogen-bond donors (Lipinski definition) is 0. The number of epoxide rings is 1. The van der Waals surface area contributed by atoms with E-state index in [2.05, 4.69) is 49.4 Å². The summed E-state index contributed by atoms with van der Waals surface area (Å²) in [6.07, 6.45) is 0.460. The van der Waals surface area contributed by atoms with Gasteiger partial charge in [-0.1, -0.05) is 36.4 Å². The molecule has 0 aromatic heterocycles. The molecule has 2 aromatic rings. The Balaban J connectivity index is 1.78. The Morgan fingerprint density at radius 2 is 2.00 bits per heavy atom. The Morgan fingerprint density at radius 1 is 1.24 bits per heavy atom. The lowest BCUT2D eigenvalue weighted by atomic mass is 10.0. The molecule has 88 valence electrons. The average molecular weight is 228 g/mol. The fourth-order valence-corrected chi connectivity index (χ4v) is 1.97. The van der Waals surface area contributed by atoms with Crippen LogP contribution in [0.15, 0.2) is 42.5 Å². The molecule has 2 atom stereocenters. The summed E-state index contributed by atoms with van der Waals surface area (Å²) in [4.78, 5) is 0. The van der Waals surface area contributed by atoms with Gasteiger partial charge in [0.05, 0.1) is 19.3 Å². The maximum Gasteiger partial charge on any atom is 0.104 e. The molecule has 0 aliphatic carbocycles. The van der Waals surface area contributed by atoms with Gasteiger partial charge in [-0.2, -0.15) is 0 Å². The molecule has 3 rings (SSSR count). The van der Waals surface area contributed by atoms with Crippen LogP contribution >= 0.6 is 0 Å². The number of ether oxygens (including phenoxy) is 2. The predicted molar refractivity (Wildman–Crippen MR) is 68.1 cm³/mol. The third-order valence-electron chi connectivity index (χ3n) is 3.18. The van der Waals surface area contributed by atoms with Crippen molar-refractivity contribution >= 4 is 10.8 Å². The number of hydrogen-bond acceptors (Lipinski definition) is 2. The van der Waals surface area contributed by atoms with Crippen LogP contribution in [0.5, 0.6) is 0 Å². The molecule has 1 aliphatic heterocycles. The standard InChI is InChI=1S/C15H16O2/c1-11(16-9-15-10-17-15)13-7-6-12-4-2-3-5-14(12)8-13/h2-8,11,15H,9-10H2,1H3. The Kier molecular flexibility index (Phi) is 2.83. The lowest BCUT2D eigenvalue weighted by Crippen LogP contribution is -2.05. The zero-order chi connectivity index (χ0) is 11.7. The summed E-state index contributed by atoms with van der Waals surface area (Å²) in [6, 6.07) is 14.9. The van der Waals surface area contributed by atoms with Crippen LogP contribution in [0.1, 0.15) is 18.6 Å². The Hall–Kier alpha value is -1.38. The van der Waals surface area contributed by atoms with Gasteiger partial charge in [-0.3, -0.25) is 0 Å². The van der Waals surface area contributed by atoms with E-state index < -0.39 is 0 Å². The van der Waals surface area contributed by atoms with Crippen LogP contribution < -0.4 is 0 Å². The van der Waals surface area contributed by atoms with Gasteiger partial charge in [-0.05, 0) is 29.3 Å². The van der Waals surface area contributed by atoms with Crippen LogP contribution in [-0.2, 0) is 9.47 Å². The first-order valence-electron chi connectivity index (χ1n) is 6.05. The number of rotatable bonds is 4. The molecule has 0 bridgehead atoms. The van der Waals surface area contributed by atoms with Gasteiger partial charge in [-0.15, -0.1) is 0 Å². The van der Waals surface area contributed by atoms with Gasteiger partial charge in [0.15, 0.2) is 0 Å². The lowest BCUT2D eigenvalue weighted by Gasteiger charge is -2.13. The number of fused-ring (bicyclic) bond motifs is 1. The topological polar surface area (TPSA) is 21.8 Å². The molecule has 2 heteroatoms. The highest BCUT2D eigenvalue weighted by Gasteiger charge is 2.23. The second-order valence-electron chi connectivity index (χ2n) is 4.54. The first kappa shape index (κ1) is 10.8. The summed E-state index contributed by atoms with van der Waals surface area (Å²) in [6.45, 7) is 3.64. The van der Waals surface area contributed by atoms with Gasteiger partial charge >= 0.3 is 0 Å². The highest BCUT2D eigenvalue weighted by Crippen LogP contribution is 2.23. The normalized spacial score (nSPS) is 20.4. The maximum atomic E-state index is 5.78. The van der Waals surface area contributed by atoms with E-state index >= 15 is 0 Å². The molecule has 0 radical (unpaired) electrons. The van der Waals surface area contributed by atoms with Crippen molar-refractivity contribution < 1.29 is 9.47 Å². The molecule has 1 heterocycles.